The molecular weight excluding hydrogens is 635 g/mol. The Bertz CT molecular complexity index is 2230. The first-order chi connectivity index (χ1) is 23.3. The van der Waals surface area contributed by atoms with Crippen molar-refractivity contribution in [2.45, 2.75) is 26.5 Å². The molecule has 0 saturated heterocycles. The summed E-state index contributed by atoms with van der Waals surface area (Å²) in [4.78, 5) is 33.1. The zero-order chi connectivity index (χ0) is 33.9. The molecule has 1 aliphatic rings. The number of fused-ring (bicyclic) bond motifs is 2. The van der Waals surface area contributed by atoms with Gasteiger partial charge < -0.3 is 23.7 Å². The van der Waals surface area contributed by atoms with Crippen molar-refractivity contribution in [2.24, 2.45) is 4.99 Å². The zero-order valence-electron chi connectivity index (χ0n) is 27.0. The zero-order valence-corrected chi connectivity index (χ0v) is 27.9. The van der Waals surface area contributed by atoms with E-state index < -0.39 is 12.0 Å². The Labute approximate surface area is 279 Å². The van der Waals surface area contributed by atoms with Gasteiger partial charge in [-0.2, -0.15) is 0 Å². The molecule has 0 unspecified atom stereocenters. The highest BCUT2D eigenvalue weighted by molar-refractivity contribution is 7.07. The van der Waals surface area contributed by atoms with Gasteiger partial charge in [-0.25, -0.2) is 14.2 Å². The predicted molar refractivity (Wildman–Crippen MR) is 181 cm³/mol. The van der Waals surface area contributed by atoms with Gasteiger partial charge in [-0.3, -0.25) is 9.36 Å². The number of methoxy groups -OCH3 is 3. The maximum atomic E-state index is 14.4. The molecule has 0 aliphatic carbocycles. The summed E-state index contributed by atoms with van der Waals surface area (Å²) in [5, 5.41) is 1.63. The summed E-state index contributed by atoms with van der Waals surface area (Å²) < 4.78 is 43.7. The second-order valence-corrected chi connectivity index (χ2v) is 11.9. The molecule has 0 bridgehead atoms. The Morgan fingerprint density at radius 1 is 0.938 bits per heavy atom. The Hall–Kier alpha value is -5.42. The van der Waals surface area contributed by atoms with Crippen molar-refractivity contribution in [2.75, 3.05) is 27.9 Å². The van der Waals surface area contributed by atoms with E-state index in [0.717, 1.165) is 16.3 Å². The molecule has 6 rings (SSSR count). The number of halogens is 1. The number of thiazole rings is 1. The van der Waals surface area contributed by atoms with Gasteiger partial charge in [-0.1, -0.05) is 41.7 Å². The topological polar surface area (TPSA) is 97.6 Å². The third-order valence-corrected chi connectivity index (χ3v) is 9.02. The Morgan fingerprint density at radius 2 is 1.67 bits per heavy atom. The third kappa shape index (κ3) is 6.16. The van der Waals surface area contributed by atoms with Crippen LogP contribution in [0.15, 0.2) is 93.9 Å². The highest BCUT2D eigenvalue weighted by atomic mass is 32.1. The molecule has 246 valence electrons. The maximum absolute atomic E-state index is 14.4. The minimum atomic E-state index is -0.898. The van der Waals surface area contributed by atoms with Crippen LogP contribution >= 0.6 is 11.3 Å². The standard InChI is InChI=1S/C37H33FN2O7S/c1-6-46-36(42)32-21(2)39-37-40(34(32)33-27-19-26(43-3)14-10-24(27)11-16-29(33)44-4)35(41)31(48-37)18-23-9-15-28(30(17-23)45-5)47-20-22-7-12-25(38)13-8-22/h7-19,34H,6,20H2,1-5H3/b31-18-/t34-/m1/s1. The van der Waals surface area contributed by atoms with Gasteiger partial charge >= 0.3 is 5.97 Å². The molecule has 0 spiro atoms. The van der Waals surface area contributed by atoms with E-state index >= 15 is 0 Å². The number of aromatic nitrogens is 1. The predicted octanol–water partition coefficient (Wildman–Crippen LogP) is 5.70. The van der Waals surface area contributed by atoms with Crippen molar-refractivity contribution in [3.8, 4) is 23.0 Å². The molecule has 0 amide bonds. The van der Waals surface area contributed by atoms with E-state index in [4.69, 9.17) is 28.7 Å². The van der Waals surface area contributed by atoms with Crippen LogP contribution in [0.3, 0.4) is 0 Å². The van der Waals surface area contributed by atoms with Crippen LogP contribution in [-0.4, -0.2) is 38.5 Å². The average Bonchev–Trinajstić information content (AvgIpc) is 3.40. The minimum absolute atomic E-state index is 0.151. The summed E-state index contributed by atoms with van der Waals surface area (Å²) in [6.45, 7) is 3.85. The van der Waals surface area contributed by atoms with Crippen molar-refractivity contribution < 1.29 is 32.9 Å². The molecule has 9 nitrogen and oxygen atoms in total. The van der Waals surface area contributed by atoms with Gasteiger partial charge in [0.25, 0.3) is 5.56 Å². The van der Waals surface area contributed by atoms with Gasteiger partial charge in [0.1, 0.15) is 30.0 Å². The lowest BCUT2D eigenvalue weighted by molar-refractivity contribution is -0.139. The van der Waals surface area contributed by atoms with Crippen LogP contribution in [0.5, 0.6) is 23.0 Å². The van der Waals surface area contributed by atoms with Crippen LogP contribution in [-0.2, 0) is 16.1 Å². The highest BCUT2D eigenvalue weighted by Crippen LogP contribution is 2.41. The van der Waals surface area contributed by atoms with Crippen molar-refractivity contribution >= 4 is 34.2 Å². The fourth-order valence-corrected chi connectivity index (χ4v) is 6.79. The number of rotatable bonds is 10. The second-order valence-electron chi connectivity index (χ2n) is 10.9. The molecule has 5 aromatic rings. The van der Waals surface area contributed by atoms with E-state index in [1.807, 2.05) is 36.4 Å². The van der Waals surface area contributed by atoms with Crippen LogP contribution < -0.4 is 33.8 Å². The van der Waals surface area contributed by atoms with Gasteiger partial charge in [0.2, 0.25) is 0 Å². The van der Waals surface area contributed by atoms with Crippen LogP contribution in [0.1, 0.15) is 36.6 Å². The number of hydrogen-bond acceptors (Lipinski definition) is 9. The largest absolute Gasteiger partial charge is 0.497 e. The molecule has 0 N–H and O–H groups in total. The summed E-state index contributed by atoms with van der Waals surface area (Å²) in [6, 6.07) is 19.9. The Kier molecular flexibility index (Phi) is 9.31. The lowest BCUT2D eigenvalue weighted by atomic mass is 9.90. The number of ether oxygens (including phenoxy) is 5. The highest BCUT2D eigenvalue weighted by Gasteiger charge is 2.36. The number of carbonyl (C=O) groups is 1. The van der Waals surface area contributed by atoms with E-state index in [2.05, 4.69) is 0 Å². The van der Waals surface area contributed by atoms with Crippen LogP contribution in [0.25, 0.3) is 16.8 Å². The number of carbonyl (C=O) groups excluding carboxylic acids is 1. The summed E-state index contributed by atoms with van der Waals surface area (Å²) in [7, 11) is 4.66. The molecule has 0 saturated carbocycles. The number of allylic oxidation sites excluding steroid dienone is 1. The molecule has 0 radical (unpaired) electrons. The van der Waals surface area contributed by atoms with Crippen molar-refractivity contribution in [3.63, 3.8) is 0 Å². The molecule has 1 aromatic heterocycles. The lowest BCUT2D eigenvalue weighted by Gasteiger charge is -2.27. The molecule has 0 fully saturated rings. The Balaban J connectivity index is 1.49. The third-order valence-electron chi connectivity index (χ3n) is 8.03. The molecule has 11 heteroatoms. The second kappa shape index (κ2) is 13.7. The fraction of sp³-hybridized carbons (Fsp3) is 0.216. The Morgan fingerprint density at radius 3 is 2.38 bits per heavy atom. The summed E-state index contributed by atoms with van der Waals surface area (Å²) in [5.41, 5.74) is 2.46. The van der Waals surface area contributed by atoms with Crippen molar-refractivity contribution in [1.82, 2.24) is 4.57 Å². The number of esters is 1. The summed E-state index contributed by atoms with van der Waals surface area (Å²) >= 11 is 1.21. The molecule has 4 aromatic carbocycles. The van der Waals surface area contributed by atoms with Crippen LogP contribution in [0.2, 0.25) is 0 Å². The lowest BCUT2D eigenvalue weighted by Crippen LogP contribution is -2.40. The first kappa shape index (κ1) is 32.5. The average molecular weight is 669 g/mol. The molecule has 1 atom stereocenters. The molecule has 48 heavy (non-hydrogen) atoms. The van der Waals surface area contributed by atoms with Gasteiger partial charge in [-0.15, -0.1) is 0 Å². The van der Waals surface area contributed by atoms with E-state index in [-0.39, 0.29) is 30.2 Å². The monoisotopic (exact) mass is 668 g/mol. The first-order valence-electron chi connectivity index (χ1n) is 15.2. The summed E-state index contributed by atoms with van der Waals surface area (Å²) in [5.74, 6) is 1.18. The van der Waals surface area contributed by atoms with Crippen LogP contribution in [0.4, 0.5) is 4.39 Å². The SMILES string of the molecule is CCOC(=O)C1=C(C)N=c2s/c(=C\c3ccc(OCc4ccc(F)cc4)c(OC)c3)c(=O)n2[C@H]1c1c(OC)ccc2ccc(OC)cc12. The molecular formula is C37H33FN2O7S. The maximum Gasteiger partial charge on any atom is 0.338 e. The number of nitrogens with zero attached hydrogens (tertiary/aromatic N) is 2. The van der Waals surface area contributed by atoms with E-state index in [1.165, 1.54) is 35.1 Å². The molecule has 1 aliphatic heterocycles. The van der Waals surface area contributed by atoms with Crippen LogP contribution in [0, 0.1) is 5.82 Å². The molecule has 2 heterocycles. The van der Waals surface area contributed by atoms with Gasteiger partial charge in [-0.05, 0) is 84.3 Å². The van der Waals surface area contributed by atoms with E-state index in [9.17, 15) is 14.0 Å². The number of hydrogen-bond donors (Lipinski definition) is 0. The van der Waals surface area contributed by atoms with E-state index in [1.54, 1.807) is 58.4 Å². The van der Waals surface area contributed by atoms with Gasteiger partial charge in [0, 0.05) is 5.56 Å². The van der Waals surface area contributed by atoms with Gasteiger partial charge in [0.05, 0.1) is 43.7 Å². The summed E-state index contributed by atoms with van der Waals surface area (Å²) in [6.07, 6.45) is 1.75. The quantitative estimate of drug-likeness (QED) is 0.176. The van der Waals surface area contributed by atoms with Gasteiger partial charge in [0.15, 0.2) is 16.3 Å². The van der Waals surface area contributed by atoms with Crippen molar-refractivity contribution in [3.05, 3.63) is 126 Å². The smallest absolute Gasteiger partial charge is 0.338 e. The first-order valence-corrected chi connectivity index (χ1v) is 16.0. The van der Waals surface area contributed by atoms with E-state index in [0.29, 0.717) is 49.2 Å². The fourth-order valence-electron chi connectivity index (χ4n) is 5.74. The normalized spacial score (nSPS) is 14.4. The minimum Gasteiger partial charge on any atom is -0.497 e. The number of benzene rings is 4. The van der Waals surface area contributed by atoms with Crippen molar-refractivity contribution in [1.29, 1.82) is 0 Å².